The number of fused-ring (bicyclic) bond motifs is 1. The summed E-state index contributed by atoms with van der Waals surface area (Å²) in [6.07, 6.45) is 7.39. The van der Waals surface area contributed by atoms with Gasteiger partial charge in [0.25, 0.3) is 10.0 Å². The molecule has 0 saturated carbocycles. The van der Waals surface area contributed by atoms with E-state index in [4.69, 9.17) is 11.6 Å². The Morgan fingerprint density at radius 3 is 2.65 bits per heavy atom. The summed E-state index contributed by atoms with van der Waals surface area (Å²) in [4.78, 5) is 24.2. The second kappa shape index (κ2) is 9.20. The van der Waals surface area contributed by atoms with Crippen molar-refractivity contribution in [3.05, 3.63) is 89.8 Å². The van der Waals surface area contributed by atoms with Gasteiger partial charge in [0.05, 0.1) is 28.6 Å². The number of aromatic nitrogens is 4. The minimum Gasteiger partial charge on any atom is -0.311 e. The molecule has 1 atom stereocenters. The molecule has 4 aromatic rings. The molecule has 0 bridgehead atoms. The largest absolute Gasteiger partial charge is 0.311 e. The summed E-state index contributed by atoms with van der Waals surface area (Å²) in [5.41, 5.74) is 2.74. The third-order valence-electron chi connectivity index (χ3n) is 6.22. The highest BCUT2D eigenvalue weighted by Crippen LogP contribution is 2.44. The van der Waals surface area contributed by atoms with Crippen LogP contribution in [0, 0.1) is 5.82 Å². The van der Waals surface area contributed by atoms with Gasteiger partial charge in [0.1, 0.15) is 16.4 Å². The van der Waals surface area contributed by atoms with Gasteiger partial charge in [0, 0.05) is 36.3 Å². The Kier molecular flexibility index (Phi) is 6.17. The average molecular weight is 538 g/mol. The average Bonchev–Trinajstić information content (AvgIpc) is 3.26. The van der Waals surface area contributed by atoms with Crippen LogP contribution in [0.4, 0.5) is 10.2 Å². The molecule has 1 aliphatic carbocycles. The van der Waals surface area contributed by atoms with Gasteiger partial charge in [-0.05, 0) is 61.0 Å². The van der Waals surface area contributed by atoms with Crippen LogP contribution < -0.4 is 5.32 Å². The summed E-state index contributed by atoms with van der Waals surface area (Å²) in [6.45, 7) is 2.91. The highest BCUT2D eigenvalue weighted by Gasteiger charge is 2.47. The molecule has 0 radical (unpaired) electrons. The topological polar surface area (TPSA) is 107 Å². The summed E-state index contributed by atoms with van der Waals surface area (Å²) >= 11 is 6.61. The standard InChI is InChI=1S/C26H21ClFN5O3S/c1-16(34)32-25-12-17(9-11-30-25)23-13-21-22(4-3-10-29-21)33(23)37(35,36)26(2)14-18(5-8-24(26)27)20-7-6-19(28)15-31-20/h3-13,15H,14H2,1-2H3,(H,30,32,34). The second-order valence-electron chi connectivity index (χ2n) is 8.79. The number of carbonyl (C=O) groups excluding carboxylic acids is 1. The first kappa shape index (κ1) is 24.8. The zero-order chi connectivity index (χ0) is 26.4. The zero-order valence-electron chi connectivity index (χ0n) is 19.8. The fourth-order valence-corrected chi connectivity index (χ4v) is 6.63. The molecule has 0 fully saturated rings. The van der Waals surface area contributed by atoms with Gasteiger partial charge < -0.3 is 5.32 Å². The molecular formula is C26H21ClFN5O3S. The van der Waals surface area contributed by atoms with Crippen molar-refractivity contribution >= 4 is 50.0 Å². The van der Waals surface area contributed by atoms with Gasteiger partial charge in [-0.1, -0.05) is 17.7 Å². The van der Waals surface area contributed by atoms with Crippen LogP contribution in [-0.4, -0.2) is 38.0 Å². The molecule has 1 aliphatic rings. The molecule has 0 saturated heterocycles. The number of amides is 1. The van der Waals surface area contributed by atoms with E-state index < -0.39 is 20.6 Å². The number of halogens is 2. The van der Waals surface area contributed by atoms with Gasteiger partial charge in [-0.25, -0.2) is 21.8 Å². The van der Waals surface area contributed by atoms with Gasteiger partial charge in [-0.3, -0.25) is 14.8 Å². The SMILES string of the molecule is CC(=O)Nc1cc(-c2cc3ncccc3n2S(=O)(=O)C2(C)CC(c3ccc(F)cn3)=CC=C2Cl)ccn1. The van der Waals surface area contributed by atoms with Crippen LogP contribution in [0.1, 0.15) is 26.0 Å². The van der Waals surface area contributed by atoms with Gasteiger partial charge in [0.15, 0.2) is 0 Å². The number of nitrogens with zero attached hydrogens (tertiary/aromatic N) is 4. The quantitative estimate of drug-likeness (QED) is 0.378. The van der Waals surface area contributed by atoms with Gasteiger partial charge in [-0.15, -0.1) is 0 Å². The second-order valence-corrected chi connectivity index (χ2v) is 11.4. The van der Waals surface area contributed by atoms with Crippen LogP contribution in [0.25, 0.3) is 27.9 Å². The molecule has 4 heterocycles. The maximum atomic E-state index is 14.5. The number of rotatable bonds is 5. The Morgan fingerprint density at radius 1 is 1.11 bits per heavy atom. The predicted octanol–water partition coefficient (Wildman–Crippen LogP) is 5.14. The molecule has 1 unspecified atom stereocenters. The Bertz CT molecular complexity index is 1710. The molecule has 0 aromatic carbocycles. The third kappa shape index (κ3) is 4.32. The van der Waals surface area contributed by atoms with E-state index in [1.54, 1.807) is 49.5 Å². The Morgan fingerprint density at radius 2 is 1.92 bits per heavy atom. The van der Waals surface area contributed by atoms with Crippen molar-refractivity contribution in [1.29, 1.82) is 0 Å². The maximum absolute atomic E-state index is 14.5. The van der Waals surface area contributed by atoms with Crippen LogP contribution >= 0.6 is 11.6 Å². The van der Waals surface area contributed by atoms with Gasteiger partial charge in [-0.2, -0.15) is 0 Å². The highest BCUT2D eigenvalue weighted by molar-refractivity contribution is 7.91. The lowest BCUT2D eigenvalue weighted by Crippen LogP contribution is -2.41. The molecule has 0 spiro atoms. The van der Waals surface area contributed by atoms with Crippen molar-refractivity contribution in [3.8, 4) is 11.3 Å². The molecule has 4 aromatic heterocycles. The number of hydrogen-bond acceptors (Lipinski definition) is 6. The Hall–Kier alpha value is -3.89. The number of hydrogen-bond donors (Lipinski definition) is 1. The molecule has 37 heavy (non-hydrogen) atoms. The Labute approximate surface area is 217 Å². The third-order valence-corrected chi connectivity index (χ3v) is 9.25. The molecule has 0 aliphatic heterocycles. The van der Waals surface area contributed by atoms with Crippen LogP contribution in [0.15, 0.2) is 78.2 Å². The van der Waals surface area contributed by atoms with E-state index in [9.17, 15) is 17.6 Å². The normalized spacial score (nSPS) is 17.8. The molecule has 8 nitrogen and oxygen atoms in total. The van der Waals surface area contributed by atoms with E-state index in [0.29, 0.717) is 33.6 Å². The first-order valence-electron chi connectivity index (χ1n) is 11.2. The molecule has 1 N–H and O–H groups in total. The van der Waals surface area contributed by atoms with Crippen LogP contribution in [0.3, 0.4) is 0 Å². The van der Waals surface area contributed by atoms with E-state index in [2.05, 4.69) is 20.3 Å². The van der Waals surface area contributed by atoms with Crippen molar-refractivity contribution in [3.63, 3.8) is 0 Å². The lowest BCUT2D eigenvalue weighted by atomic mass is 9.92. The first-order valence-corrected chi connectivity index (χ1v) is 13.1. The Balaban J connectivity index is 1.68. The monoisotopic (exact) mass is 537 g/mol. The summed E-state index contributed by atoms with van der Waals surface area (Å²) in [5.74, 6) is -0.516. The summed E-state index contributed by atoms with van der Waals surface area (Å²) in [5, 5.41) is 2.75. The van der Waals surface area contributed by atoms with Crippen molar-refractivity contribution in [1.82, 2.24) is 18.9 Å². The van der Waals surface area contributed by atoms with Crippen LogP contribution in [-0.2, 0) is 14.8 Å². The number of anilines is 1. The van der Waals surface area contributed by atoms with Gasteiger partial charge in [0.2, 0.25) is 5.91 Å². The van der Waals surface area contributed by atoms with Crippen molar-refractivity contribution in [2.75, 3.05) is 5.32 Å². The van der Waals surface area contributed by atoms with Crippen molar-refractivity contribution in [2.45, 2.75) is 25.0 Å². The van der Waals surface area contributed by atoms with Crippen molar-refractivity contribution in [2.24, 2.45) is 0 Å². The summed E-state index contributed by atoms with van der Waals surface area (Å²) in [6, 6.07) is 11.0. The minimum absolute atomic E-state index is 0.0101. The molecule has 11 heteroatoms. The lowest BCUT2D eigenvalue weighted by molar-refractivity contribution is -0.114. The van der Waals surface area contributed by atoms with E-state index >= 15 is 0 Å². The molecule has 1 amide bonds. The van der Waals surface area contributed by atoms with E-state index in [1.807, 2.05) is 0 Å². The lowest BCUT2D eigenvalue weighted by Gasteiger charge is -2.33. The van der Waals surface area contributed by atoms with E-state index in [-0.39, 0.29) is 23.2 Å². The number of nitrogens with one attached hydrogen (secondary N) is 1. The molecular weight excluding hydrogens is 517 g/mol. The summed E-state index contributed by atoms with van der Waals surface area (Å²) in [7, 11) is -4.23. The van der Waals surface area contributed by atoms with Crippen LogP contribution in [0.5, 0.6) is 0 Å². The number of carbonyl (C=O) groups is 1. The first-order chi connectivity index (χ1) is 17.6. The number of allylic oxidation sites excluding steroid dienone is 3. The van der Waals surface area contributed by atoms with Crippen molar-refractivity contribution < 1.29 is 17.6 Å². The highest BCUT2D eigenvalue weighted by atomic mass is 35.5. The van der Waals surface area contributed by atoms with Crippen LogP contribution in [0.2, 0.25) is 0 Å². The maximum Gasteiger partial charge on any atom is 0.250 e. The van der Waals surface area contributed by atoms with E-state index in [0.717, 1.165) is 6.20 Å². The molecule has 188 valence electrons. The fraction of sp³-hybridized carbons (Fsp3) is 0.154. The zero-order valence-corrected chi connectivity index (χ0v) is 21.4. The fourth-order valence-electron chi connectivity index (χ4n) is 4.32. The summed E-state index contributed by atoms with van der Waals surface area (Å²) < 4.78 is 42.1. The molecule has 5 rings (SSSR count). The van der Waals surface area contributed by atoms with E-state index in [1.165, 1.54) is 35.3 Å². The predicted molar refractivity (Wildman–Crippen MR) is 141 cm³/mol. The van der Waals surface area contributed by atoms with Gasteiger partial charge >= 0.3 is 0 Å². The minimum atomic E-state index is -4.23. The smallest absolute Gasteiger partial charge is 0.250 e. The number of pyridine rings is 3.